The number of nitrogens with zero attached hydrogens (tertiary/aromatic N) is 2. The zero-order valence-electron chi connectivity index (χ0n) is 37.9. The maximum atomic E-state index is 14.5. The van der Waals surface area contributed by atoms with Crippen molar-refractivity contribution in [3.8, 4) is 0 Å². The molecule has 330 valence electrons. The summed E-state index contributed by atoms with van der Waals surface area (Å²) in [6, 6.07) is 0. The monoisotopic (exact) mass is 839 g/mol. The quantitative estimate of drug-likeness (QED) is 0.121. The summed E-state index contributed by atoms with van der Waals surface area (Å²) in [7, 11) is 4.17. The number of fused-ring (bicyclic) bond motifs is 7. The number of aliphatic hydroxyl groups excluding tert-OH is 1. The Morgan fingerprint density at radius 1 is 1.00 bits per heavy atom. The summed E-state index contributed by atoms with van der Waals surface area (Å²) in [6.07, 6.45) is 13.4. The number of rotatable bonds is 11. The summed E-state index contributed by atoms with van der Waals surface area (Å²) in [6.45, 7) is 21.3. The Labute approximate surface area is 359 Å². The number of hydrogen-bond donors (Lipinski definition) is 4. The van der Waals surface area contributed by atoms with Crippen molar-refractivity contribution in [2.75, 3.05) is 27.2 Å². The van der Waals surface area contributed by atoms with Crippen LogP contribution in [-0.2, 0) is 19.1 Å². The van der Waals surface area contributed by atoms with Gasteiger partial charge in [0.25, 0.3) is 0 Å². The molecule has 0 amide bonds. The number of allylic oxidation sites excluding steroid dienone is 3. The second-order valence-corrected chi connectivity index (χ2v) is 23.1. The van der Waals surface area contributed by atoms with Gasteiger partial charge in [-0.1, -0.05) is 72.3 Å². The van der Waals surface area contributed by atoms with E-state index in [9.17, 15) is 24.6 Å². The Morgan fingerprint density at radius 3 is 2.34 bits per heavy atom. The molecule has 0 spiro atoms. The second-order valence-electron chi connectivity index (χ2n) is 22.5. The highest BCUT2D eigenvalue weighted by Gasteiger charge is 2.71. The lowest BCUT2D eigenvalue weighted by molar-refractivity contribution is -0.235. The molecule has 11 heteroatoms. The minimum absolute atomic E-state index is 0.0141. The van der Waals surface area contributed by atoms with Gasteiger partial charge in [0.1, 0.15) is 12.3 Å². The molecular weight excluding hydrogens is 764 g/mol. The van der Waals surface area contributed by atoms with Crippen molar-refractivity contribution in [3.05, 3.63) is 34.9 Å². The number of hydrogen-bond acceptors (Lipinski definition) is 9. The van der Waals surface area contributed by atoms with Crippen molar-refractivity contribution >= 4 is 29.3 Å². The highest BCUT2D eigenvalue weighted by Crippen LogP contribution is 2.77. The smallest absolute Gasteiger partial charge is 0.309 e. The van der Waals surface area contributed by atoms with Gasteiger partial charge >= 0.3 is 11.9 Å². The molecule has 0 radical (unpaired) electrons. The van der Waals surface area contributed by atoms with Gasteiger partial charge in [0.05, 0.1) is 29.5 Å². The fourth-order valence-corrected chi connectivity index (χ4v) is 14.7. The standard InChI is InChI=1S/C48H75ClN4O6/c1-28(2)37-32(54)26-48(39(56)41-51-50-40(53(41)25-24-52(10)11)29-12-14-30(49)15-13-29)23-22-46(8)31(38(37)48)16-17-34-45(7)20-19-35(59-36(55)27-43(3,4)42(57)58)44(5,6)33(45)18-21-47(34,46)9/h12-14,28,30-31,33-35,39-41,50-51,56H,15-27H2,1-11H3,(H,57,58)/t30-,31?,33+,34-,35?,39+,40-,41?,45+,46-,47?,48?/m1/s1. The van der Waals surface area contributed by atoms with E-state index >= 15 is 0 Å². The van der Waals surface area contributed by atoms with Gasteiger partial charge in [-0.3, -0.25) is 19.3 Å². The number of nitrogens with one attached hydrogen (secondary N) is 2. The van der Waals surface area contributed by atoms with E-state index < -0.39 is 28.9 Å². The summed E-state index contributed by atoms with van der Waals surface area (Å²) in [5, 5.41) is 22.7. The largest absolute Gasteiger partial charge is 0.481 e. The first-order valence-corrected chi connectivity index (χ1v) is 23.2. The number of carbonyl (C=O) groups excluding carboxylic acids is 2. The Morgan fingerprint density at radius 2 is 1.71 bits per heavy atom. The van der Waals surface area contributed by atoms with Gasteiger partial charge in [0.15, 0.2) is 5.78 Å². The van der Waals surface area contributed by atoms with Crippen molar-refractivity contribution in [2.45, 2.75) is 163 Å². The number of esters is 1. The van der Waals surface area contributed by atoms with Crippen LogP contribution in [0.1, 0.15) is 133 Å². The van der Waals surface area contributed by atoms with Crippen molar-refractivity contribution < 1.29 is 29.3 Å². The molecule has 4 N–H and O–H groups in total. The molecule has 1 saturated heterocycles. The summed E-state index contributed by atoms with van der Waals surface area (Å²) < 4.78 is 6.21. The number of carbonyl (C=O) groups is 3. The van der Waals surface area contributed by atoms with Gasteiger partial charge < -0.3 is 19.8 Å². The third-order valence-electron chi connectivity index (χ3n) is 18.0. The number of carboxylic acid groups (broad SMARTS) is 1. The van der Waals surface area contributed by atoms with Crippen molar-refractivity contribution in [3.63, 3.8) is 0 Å². The maximum Gasteiger partial charge on any atom is 0.309 e. The average molecular weight is 840 g/mol. The minimum atomic E-state index is -1.18. The number of likely N-dealkylation sites (N-methyl/N-ethyl adjacent to an activating group) is 1. The zero-order chi connectivity index (χ0) is 43.2. The summed E-state index contributed by atoms with van der Waals surface area (Å²) in [4.78, 5) is 44.1. The van der Waals surface area contributed by atoms with Gasteiger partial charge in [0.2, 0.25) is 0 Å². The first kappa shape index (κ1) is 45.0. The molecule has 4 saturated carbocycles. The molecule has 0 aromatic rings. The fraction of sp³-hybridized carbons (Fsp3) is 0.812. The predicted molar refractivity (Wildman–Crippen MR) is 232 cm³/mol. The number of ketones is 1. The van der Waals surface area contributed by atoms with Crippen LogP contribution in [0.4, 0.5) is 0 Å². The minimum Gasteiger partial charge on any atom is -0.481 e. The van der Waals surface area contributed by atoms with Crippen LogP contribution >= 0.6 is 11.6 Å². The molecule has 59 heavy (non-hydrogen) atoms. The van der Waals surface area contributed by atoms with Crippen molar-refractivity contribution in [1.29, 1.82) is 0 Å². The Balaban J connectivity index is 1.19. The molecule has 5 unspecified atom stereocenters. The number of ether oxygens (including phenoxy) is 1. The summed E-state index contributed by atoms with van der Waals surface area (Å²) in [5.74, 6) is -0.120. The number of aliphatic hydroxyl groups is 1. The van der Waals surface area contributed by atoms with Crippen LogP contribution in [0.3, 0.4) is 0 Å². The summed E-state index contributed by atoms with van der Waals surface area (Å²) in [5.41, 5.74) is 8.43. The Kier molecular flexibility index (Phi) is 11.9. The highest BCUT2D eigenvalue weighted by atomic mass is 35.5. The predicted octanol–water partition coefficient (Wildman–Crippen LogP) is 7.86. The third kappa shape index (κ3) is 7.14. The van der Waals surface area contributed by atoms with Crippen molar-refractivity contribution in [1.82, 2.24) is 20.7 Å². The molecular formula is C48H75ClN4O6. The first-order valence-electron chi connectivity index (χ1n) is 22.8. The van der Waals surface area contributed by atoms with Crippen LogP contribution in [0.25, 0.3) is 0 Å². The van der Waals surface area contributed by atoms with Crippen LogP contribution in [0.5, 0.6) is 0 Å². The SMILES string of the molecule is CC(C)C1=C2C3CC[C@H]4C(C)(CC[C@H]5C(C)(C)C(OC(=O)CC(C)(C)C(=O)O)CC[C@@]54C)[C@]3(C)CCC2([C@@H](O)C2NN[C@@H](C3=CC[C@H](Cl)C=C3)N2CCN(C)C)CC1=O. The van der Waals surface area contributed by atoms with E-state index in [-0.39, 0.29) is 69.5 Å². The van der Waals surface area contributed by atoms with Gasteiger partial charge in [-0.15, -0.1) is 11.6 Å². The molecule has 0 bridgehead atoms. The molecule has 7 aliphatic rings. The first-order chi connectivity index (χ1) is 27.4. The maximum absolute atomic E-state index is 14.5. The Hall–Kier alpha value is -2.08. The van der Waals surface area contributed by atoms with Gasteiger partial charge in [-0.05, 0) is 137 Å². The topological polar surface area (TPSA) is 131 Å². The molecule has 7 rings (SSSR count). The number of halogens is 1. The third-order valence-corrected chi connectivity index (χ3v) is 18.3. The van der Waals surface area contributed by atoms with E-state index in [1.54, 1.807) is 13.8 Å². The average Bonchev–Trinajstić information content (AvgIpc) is 3.70. The lowest BCUT2D eigenvalue weighted by Gasteiger charge is -2.72. The number of Topliss-reactive ketones (excluding diaryl/α,β-unsaturated/α-hetero) is 1. The number of carboxylic acids is 1. The van der Waals surface area contributed by atoms with Crippen LogP contribution in [0, 0.1) is 56.2 Å². The van der Waals surface area contributed by atoms with Gasteiger partial charge in [-0.25, -0.2) is 10.9 Å². The summed E-state index contributed by atoms with van der Waals surface area (Å²) >= 11 is 6.45. The molecule has 5 fully saturated rings. The van der Waals surface area contributed by atoms with Crippen LogP contribution in [0.15, 0.2) is 34.9 Å². The van der Waals surface area contributed by atoms with Crippen LogP contribution in [0.2, 0.25) is 0 Å². The lowest BCUT2D eigenvalue weighted by Crippen LogP contribution is -2.67. The van der Waals surface area contributed by atoms with Crippen LogP contribution < -0.4 is 10.9 Å². The number of alkyl halides is 1. The molecule has 1 heterocycles. The highest BCUT2D eigenvalue weighted by molar-refractivity contribution is 6.22. The van der Waals surface area contributed by atoms with Gasteiger partial charge in [0, 0.05) is 30.3 Å². The second kappa shape index (κ2) is 15.6. The molecule has 10 nitrogen and oxygen atoms in total. The van der Waals surface area contributed by atoms with E-state index in [0.717, 1.165) is 82.0 Å². The van der Waals surface area contributed by atoms with E-state index in [2.05, 4.69) is 101 Å². The lowest BCUT2D eigenvalue weighted by atomic mass is 9.33. The molecule has 12 atom stereocenters. The Bertz CT molecular complexity index is 1790. The zero-order valence-corrected chi connectivity index (χ0v) is 38.7. The number of hydrazine groups is 1. The van der Waals surface area contributed by atoms with Gasteiger partial charge in [-0.2, -0.15) is 0 Å². The fourth-order valence-electron chi connectivity index (χ4n) is 14.6. The van der Waals surface area contributed by atoms with Crippen molar-refractivity contribution in [2.24, 2.45) is 56.2 Å². The van der Waals surface area contributed by atoms with E-state index in [0.29, 0.717) is 18.3 Å². The molecule has 0 aromatic heterocycles. The van der Waals surface area contributed by atoms with E-state index in [1.807, 2.05) is 0 Å². The van der Waals surface area contributed by atoms with E-state index in [1.165, 1.54) is 5.57 Å². The number of aliphatic carboxylic acids is 1. The van der Waals surface area contributed by atoms with Crippen LogP contribution in [-0.4, -0.2) is 94.8 Å². The van der Waals surface area contributed by atoms with E-state index in [4.69, 9.17) is 16.3 Å². The molecule has 0 aromatic carbocycles. The molecule has 1 aliphatic heterocycles. The normalized spacial score (nSPS) is 41.3. The molecule has 6 aliphatic carbocycles.